The molecule has 0 aliphatic heterocycles. The molecule has 0 bridgehead atoms. The lowest BCUT2D eigenvalue weighted by atomic mass is 10.0. The zero-order valence-corrected chi connectivity index (χ0v) is 20.3. The Kier molecular flexibility index (Phi) is 6.47. The predicted molar refractivity (Wildman–Crippen MR) is 138 cm³/mol. The SMILES string of the molecule is Cc1cccc(Cl)c1CC(=O)c1cnc(Nc2cccc3c2ncn3CCCn2cccc2)s1. The quantitative estimate of drug-likeness (QED) is 0.239. The van der Waals surface area contributed by atoms with Crippen molar-refractivity contribution in [1.29, 1.82) is 0 Å². The van der Waals surface area contributed by atoms with Crippen LogP contribution in [0.1, 0.15) is 27.2 Å². The average Bonchev–Trinajstić information content (AvgIpc) is 3.59. The standard InChI is InChI=1S/C26H24ClN5OS/c1-18-7-4-8-20(27)19(18)15-23(33)24-16-28-26(34-24)30-21-9-5-10-22-25(21)29-17-32(22)14-6-13-31-11-2-3-12-31/h2-5,7-12,16-17H,6,13-15H2,1H3,(H,28,30). The minimum Gasteiger partial charge on any atom is -0.354 e. The van der Waals surface area contributed by atoms with Gasteiger partial charge in [0.15, 0.2) is 10.9 Å². The summed E-state index contributed by atoms with van der Waals surface area (Å²) in [4.78, 5) is 22.5. The third-order valence-electron chi connectivity index (χ3n) is 5.84. The first kappa shape index (κ1) is 22.4. The fourth-order valence-corrected chi connectivity index (χ4v) is 5.08. The van der Waals surface area contributed by atoms with Gasteiger partial charge in [-0.1, -0.05) is 41.1 Å². The Hall–Kier alpha value is -3.42. The molecule has 0 aliphatic rings. The van der Waals surface area contributed by atoms with Crippen molar-refractivity contribution in [2.45, 2.75) is 32.9 Å². The molecule has 6 nitrogen and oxygen atoms in total. The number of carbonyl (C=O) groups excluding carboxylic acids is 1. The Morgan fingerprint density at radius 3 is 2.71 bits per heavy atom. The van der Waals surface area contributed by atoms with E-state index in [1.54, 1.807) is 6.20 Å². The molecule has 172 valence electrons. The summed E-state index contributed by atoms with van der Waals surface area (Å²) in [6, 6.07) is 15.8. The first-order valence-electron chi connectivity index (χ1n) is 11.1. The van der Waals surface area contributed by atoms with Crippen LogP contribution in [0.2, 0.25) is 5.02 Å². The van der Waals surface area contributed by atoms with Crippen molar-refractivity contribution in [1.82, 2.24) is 19.1 Å². The van der Waals surface area contributed by atoms with Crippen LogP contribution in [0, 0.1) is 6.92 Å². The summed E-state index contributed by atoms with van der Waals surface area (Å²) in [7, 11) is 0. The number of ketones is 1. The number of halogens is 1. The summed E-state index contributed by atoms with van der Waals surface area (Å²) in [5.41, 5.74) is 4.71. The molecular formula is C26H24ClN5OS. The van der Waals surface area contributed by atoms with Gasteiger partial charge in [0.25, 0.3) is 0 Å². The second-order valence-corrected chi connectivity index (χ2v) is 9.61. The fraction of sp³-hybridized carbons (Fsp3) is 0.192. The molecule has 0 unspecified atom stereocenters. The van der Waals surface area contributed by atoms with Gasteiger partial charge in [-0.15, -0.1) is 0 Å². The fourth-order valence-electron chi connectivity index (χ4n) is 4.02. The second-order valence-electron chi connectivity index (χ2n) is 8.18. The predicted octanol–water partition coefficient (Wildman–Crippen LogP) is 6.52. The molecule has 0 amide bonds. The number of hydrogen-bond acceptors (Lipinski definition) is 5. The van der Waals surface area contributed by atoms with Crippen LogP contribution in [-0.4, -0.2) is 24.9 Å². The van der Waals surface area contributed by atoms with Crippen LogP contribution in [-0.2, 0) is 19.5 Å². The van der Waals surface area contributed by atoms with Crippen LogP contribution in [0.5, 0.6) is 0 Å². The van der Waals surface area contributed by atoms with Gasteiger partial charge < -0.3 is 14.5 Å². The number of fused-ring (bicyclic) bond motifs is 1. The van der Waals surface area contributed by atoms with Crippen LogP contribution < -0.4 is 5.32 Å². The topological polar surface area (TPSA) is 64.7 Å². The molecule has 5 rings (SSSR count). The molecule has 5 aromatic rings. The number of Topliss-reactive ketones (excluding diaryl/α,β-unsaturated/α-hetero) is 1. The van der Waals surface area contributed by atoms with Gasteiger partial charge in [-0.05, 0) is 54.8 Å². The average molecular weight is 490 g/mol. The lowest BCUT2D eigenvalue weighted by Crippen LogP contribution is -2.03. The molecule has 2 aromatic carbocycles. The number of aryl methyl sites for hydroxylation is 3. The summed E-state index contributed by atoms with van der Waals surface area (Å²) in [5, 5.41) is 4.63. The highest BCUT2D eigenvalue weighted by Crippen LogP contribution is 2.29. The molecule has 3 heterocycles. The number of thiazole rings is 1. The maximum absolute atomic E-state index is 12.9. The van der Waals surface area contributed by atoms with E-state index < -0.39 is 0 Å². The highest BCUT2D eigenvalue weighted by atomic mass is 35.5. The molecule has 0 atom stereocenters. The molecular weight excluding hydrogens is 466 g/mol. The van der Waals surface area contributed by atoms with Gasteiger partial charge in [0, 0.05) is 36.9 Å². The number of benzene rings is 2. The molecule has 0 fully saturated rings. The van der Waals surface area contributed by atoms with Crippen molar-refractivity contribution >= 4 is 50.6 Å². The van der Waals surface area contributed by atoms with E-state index >= 15 is 0 Å². The Bertz CT molecular complexity index is 1420. The molecule has 0 radical (unpaired) electrons. The number of anilines is 2. The van der Waals surface area contributed by atoms with Gasteiger partial charge in [0.1, 0.15) is 5.52 Å². The summed E-state index contributed by atoms with van der Waals surface area (Å²) >= 11 is 7.64. The van der Waals surface area contributed by atoms with E-state index in [1.807, 2.05) is 55.7 Å². The maximum atomic E-state index is 12.9. The first-order chi connectivity index (χ1) is 16.6. The lowest BCUT2D eigenvalue weighted by Gasteiger charge is -2.07. The third-order valence-corrected chi connectivity index (χ3v) is 7.15. The highest BCUT2D eigenvalue weighted by Gasteiger charge is 2.16. The molecule has 8 heteroatoms. The number of carbonyl (C=O) groups is 1. The largest absolute Gasteiger partial charge is 0.354 e. The van der Waals surface area contributed by atoms with E-state index in [1.165, 1.54) is 11.3 Å². The number of rotatable bonds is 9. The monoisotopic (exact) mass is 489 g/mol. The van der Waals surface area contributed by atoms with Crippen LogP contribution in [0.15, 0.2) is 73.4 Å². The van der Waals surface area contributed by atoms with E-state index in [0.29, 0.717) is 15.0 Å². The third kappa shape index (κ3) is 4.76. The lowest BCUT2D eigenvalue weighted by molar-refractivity contribution is 0.0996. The van der Waals surface area contributed by atoms with Crippen LogP contribution in [0.3, 0.4) is 0 Å². The molecule has 0 spiro atoms. The number of nitrogens with one attached hydrogen (secondary N) is 1. The van der Waals surface area contributed by atoms with Crippen molar-refractivity contribution in [2.75, 3.05) is 5.32 Å². The van der Waals surface area contributed by atoms with Crippen molar-refractivity contribution < 1.29 is 4.79 Å². The number of para-hydroxylation sites is 1. The Labute approximate surface area is 206 Å². The zero-order chi connectivity index (χ0) is 23.5. The summed E-state index contributed by atoms with van der Waals surface area (Å²) in [6.07, 6.45) is 8.94. The van der Waals surface area contributed by atoms with E-state index in [2.05, 4.69) is 42.9 Å². The minimum absolute atomic E-state index is 0.00642. The highest BCUT2D eigenvalue weighted by molar-refractivity contribution is 7.17. The molecule has 0 saturated carbocycles. The molecule has 0 saturated heterocycles. The van der Waals surface area contributed by atoms with E-state index in [9.17, 15) is 4.79 Å². The number of nitrogens with zero attached hydrogens (tertiary/aromatic N) is 4. The summed E-state index contributed by atoms with van der Waals surface area (Å²) in [5.74, 6) is 0.00642. The number of aromatic nitrogens is 4. The normalized spacial score (nSPS) is 11.2. The molecule has 3 aromatic heterocycles. The van der Waals surface area contributed by atoms with Gasteiger partial charge in [0.05, 0.1) is 28.6 Å². The Morgan fingerprint density at radius 1 is 1.06 bits per heavy atom. The van der Waals surface area contributed by atoms with Crippen LogP contribution in [0.4, 0.5) is 10.8 Å². The molecule has 1 N–H and O–H groups in total. The van der Waals surface area contributed by atoms with Gasteiger partial charge in [-0.2, -0.15) is 0 Å². The summed E-state index contributed by atoms with van der Waals surface area (Å²) in [6.45, 7) is 3.82. The minimum atomic E-state index is 0.00642. The van der Waals surface area contributed by atoms with Gasteiger partial charge >= 0.3 is 0 Å². The van der Waals surface area contributed by atoms with Crippen molar-refractivity contribution in [3.63, 3.8) is 0 Å². The van der Waals surface area contributed by atoms with Crippen LogP contribution in [0.25, 0.3) is 11.0 Å². The number of imidazole rings is 1. The van der Waals surface area contributed by atoms with E-state index in [-0.39, 0.29) is 12.2 Å². The first-order valence-corrected chi connectivity index (χ1v) is 12.3. The Balaban J connectivity index is 1.28. The van der Waals surface area contributed by atoms with Crippen molar-refractivity contribution in [3.05, 3.63) is 94.5 Å². The van der Waals surface area contributed by atoms with Crippen molar-refractivity contribution in [2.24, 2.45) is 0 Å². The van der Waals surface area contributed by atoms with Crippen LogP contribution >= 0.6 is 22.9 Å². The van der Waals surface area contributed by atoms with Gasteiger partial charge in [-0.25, -0.2) is 9.97 Å². The van der Waals surface area contributed by atoms with Gasteiger partial charge in [-0.3, -0.25) is 4.79 Å². The maximum Gasteiger partial charge on any atom is 0.187 e. The second kappa shape index (κ2) is 9.83. The Morgan fingerprint density at radius 2 is 1.88 bits per heavy atom. The smallest absolute Gasteiger partial charge is 0.187 e. The number of hydrogen-bond donors (Lipinski definition) is 1. The van der Waals surface area contributed by atoms with Crippen molar-refractivity contribution in [3.8, 4) is 0 Å². The van der Waals surface area contributed by atoms with E-state index in [0.717, 1.165) is 47.4 Å². The zero-order valence-electron chi connectivity index (χ0n) is 18.7. The summed E-state index contributed by atoms with van der Waals surface area (Å²) < 4.78 is 4.35. The molecule has 34 heavy (non-hydrogen) atoms. The van der Waals surface area contributed by atoms with Gasteiger partial charge in [0.2, 0.25) is 0 Å². The molecule has 0 aliphatic carbocycles. The van der Waals surface area contributed by atoms with E-state index in [4.69, 9.17) is 11.6 Å².